The van der Waals surface area contributed by atoms with E-state index in [0.717, 1.165) is 24.1 Å². The summed E-state index contributed by atoms with van der Waals surface area (Å²) in [5.74, 6) is 0.262. The van der Waals surface area contributed by atoms with Gasteiger partial charge in [-0.15, -0.1) is 0 Å². The Morgan fingerprint density at radius 3 is 2.62 bits per heavy atom. The lowest BCUT2D eigenvalue weighted by molar-refractivity contribution is -0.130. The van der Waals surface area contributed by atoms with Crippen LogP contribution in [0.15, 0.2) is 40.2 Å². The Bertz CT molecular complexity index is 908. The van der Waals surface area contributed by atoms with Crippen LogP contribution in [0.25, 0.3) is 5.57 Å². The number of methoxy groups -OCH3 is 1. The van der Waals surface area contributed by atoms with Gasteiger partial charge in [0.1, 0.15) is 17.9 Å². The highest BCUT2D eigenvalue weighted by Crippen LogP contribution is 2.30. The first-order chi connectivity index (χ1) is 14.0. The van der Waals surface area contributed by atoms with E-state index in [4.69, 9.17) is 18.8 Å². The number of benzene rings is 1. The van der Waals surface area contributed by atoms with E-state index in [9.17, 15) is 9.90 Å². The number of aryl methyl sites for hydroxylation is 2. The van der Waals surface area contributed by atoms with Crippen molar-refractivity contribution in [2.75, 3.05) is 13.7 Å². The molecular formula is C21H24N2O6. The molecule has 0 aliphatic heterocycles. The largest absolute Gasteiger partial charge is 0.503 e. The van der Waals surface area contributed by atoms with E-state index in [1.54, 1.807) is 31.2 Å². The molecule has 1 aromatic carbocycles. The van der Waals surface area contributed by atoms with Crippen LogP contribution in [-0.2, 0) is 25.7 Å². The van der Waals surface area contributed by atoms with Crippen molar-refractivity contribution in [3.63, 3.8) is 0 Å². The van der Waals surface area contributed by atoms with E-state index in [2.05, 4.69) is 10.3 Å². The van der Waals surface area contributed by atoms with Crippen molar-refractivity contribution in [3.05, 3.63) is 58.7 Å². The van der Waals surface area contributed by atoms with Crippen molar-refractivity contribution in [3.8, 4) is 0 Å². The van der Waals surface area contributed by atoms with Crippen molar-refractivity contribution >= 4 is 17.4 Å². The van der Waals surface area contributed by atoms with E-state index in [-0.39, 0.29) is 18.1 Å². The zero-order valence-electron chi connectivity index (χ0n) is 16.7. The van der Waals surface area contributed by atoms with Gasteiger partial charge in [-0.25, -0.2) is 4.79 Å². The first-order valence-corrected chi connectivity index (χ1v) is 9.31. The molecule has 29 heavy (non-hydrogen) atoms. The summed E-state index contributed by atoms with van der Waals surface area (Å²) in [5.41, 5.74) is 2.48. The molecule has 1 aliphatic rings. The van der Waals surface area contributed by atoms with E-state index >= 15 is 0 Å². The molecule has 0 unspecified atom stereocenters. The molecule has 2 aromatic rings. The maximum Gasteiger partial charge on any atom is 0.339 e. The average Bonchev–Trinajstić information content (AvgIpc) is 3.48. The molecule has 1 fully saturated rings. The fraction of sp³-hybridized carbons (Fsp3) is 0.381. The molecule has 0 bridgehead atoms. The number of nitrogens with zero attached hydrogens (tertiary/aromatic N) is 2. The number of ether oxygens (including phenoxy) is 2. The van der Waals surface area contributed by atoms with E-state index in [0.29, 0.717) is 29.4 Å². The van der Waals surface area contributed by atoms with Crippen molar-refractivity contribution in [1.82, 2.24) is 5.16 Å². The van der Waals surface area contributed by atoms with Crippen LogP contribution in [-0.4, -0.2) is 35.8 Å². The molecule has 1 aromatic heterocycles. The SMILES string of the molecule is CO/C=C(/C(=O)O)c1ccccc1/C(=N\OCc1c(C)noc1C)OCC1CC1. The third kappa shape index (κ3) is 5.16. The van der Waals surface area contributed by atoms with Crippen LogP contribution in [0.2, 0.25) is 0 Å². The molecule has 0 saturated heterocycles. The van der Waals surface area contributed by atoms with Crippen LogP contribution in [0.4, 0.5) is 0 Å². The third-order valence-electron chi connectivity index (χ3n) is 4.60. The number of carbonyl (C=O) groups is 1. The van der Waals surface area contributed by atoms with Crippen molar-refractivity contribution in [1.29, 1.82) is 0 Å². The third-order valence-corrected chi connectivity index (χ3v) is 4.60. The fourth-order valence-corrected chi connectivity index (χ4v) is 2.75. The van der Waals surface area contributed by atoms with Gasteiger partial charge in [0.15, 0.2) is 0 Å². The van der Waals surface area contributed by atoms with Gasteiger partial charge in [0.05, 0.1) is 31.2 Å². The normalized spacial score (nSPS) is 14.6. The maximum absolute atomic E-state index is 11.7. The van der Waals surface area contributed by atoms with Gasteiger partial charge >= 0.3 is 5.97 Å². The Hall–Kier alpha value is -3.29. The molecule has 0 spiro atoms. The second-order valence-corrected chi connectivity index (χ2v) is 6.84. The number of carboxylic acid groups (broad SMARTS) is 1. The van der Waals surface area contributed by atoms with Gasteiger partial charge in [-0.1, -0.05) is 23.4 Å². The average molecular weight is 400 g/mol. The Morgan fingerprint density at radius 1 is 1.31 bits per heavy atom. The van der Waals surface area contributed by atoms with Crippen LogP contribution < -0.4 is 0 Å². The molecule has 1 heterocycles. The molecular weight excluding hydrogens is 376 g/mol. The zero-order chi connectivity index (χ0) is 20.8. The Balaban J connectivity index is 1.90. The Kier molecular flexibility index (Phi) is 6.54. The topological polar surface area (TPSA) is 103 Å². The number of oxime groups is 1. The molecule has 8 heteroatoms. The number of aromatic nitrogens is 1. The predicted molar refractivity (Wildman–Crippen MR) is 105 cm³/mol. The van der Waals surface area contributed by atoms with Gasteiger partial charge in [0.2, 0.25) is 0 Å². The molecule has 1 aliphatic carbocycles. The Labute approximate surface area is 168 Å². The van der Waals surface area contributed by atoms with Crippen LogP contribution in [0.5, 0.6) is 0 Å². The van der Waals surface area contributed by atoms with Crippen LogP contribution in [0.3, 0.4) is 0 Å². The molecule has 0 radical (unpaired) electrons. The molecule has 3 rings (SSSR count). The maximum atomic E-state index is 11.7. The molecule has 8 nitrogen and oxygen atoms in total. The minimum Gasteiger partial charge on any atom is -0.503 e. The lowest BCUT2D eigenvalue weighted by atomic mass is 10.0. The summed E-state index contributed by atoms with van der Waals surface area (Å²) in [7, 11) is 1.40. The van der Waals surface area contributed by atoms with Gasteiger partial charge in [0.25, 0.3) is 5.90 Å². The fourth-order valence-electron chi connectivity index (χ4n) is 2.75. The highest BCUT2D eigenvalue weighted by Gasteiger charge is 2.25. The first kappa shape index (κ1) is 20.4. The van der Waals surface area contributed by atoms with E-state index in [1.165, 1.54) is 13.4 Å². The molecule has 0 amide bonds. The highest BCUT2D eigenvalue weighted by molar-refractivity contribution is 6.18. The summed E-state index contributed by atoms with van der Waals surface area (Å²) >= 11 is 0. The number of hydrogen-bond acceptors (Lipinski definition) is 7. The zero-order valence-corrected chi connectivity index (χ0v) is 16.7. The lowest BCUT2D eigenvalue weighted by Crippen LogP contribution is -2.14. The number of hydrogen-bond donors (Lipinski definition) is 1. The monoisotopic (exact) mass is 400 g/mol. The Morgan fingerprint density at radius 2 is 2.03 bits per heavy atom. The number of carboxylic acids is 1. The lowest BCUT2D eigenvalue weighted by Gasteiger charge is -2.13. The highest BCUT2D eigenvalue weighted by atomic mass is 16.6. The summed E-state index contributed by atoms with van der Waals surface area (Å²) in [5, 5.41) is 17.6. The quantitative estimate of drug-likeness (QED) is 0.225. The molecule has 1 saturated carbocycles. The summed E-state index contributed by atoms with van der Waals surface area (Å²) < 4.78 is 16.0. The van der Waals surface area contributed by atoms with Gasteiger partial charge in [-0.3, -0.25) is 0 Å². The summed E-state index contributed by atoms with van der Waals surface area (Å²) in [6.07, 6.45) is 3.40. The van der Waals surface area contributed by atoms with Gasteiger partial charge in [-0.2, -0.15) is 0 Å². The van der Waals surface area contributed by atoms with Gasteiger partial charge < -0.3 is 23.9 Å². The molecule has 1 N–H and O–H groups in total. The van der Waals surface area contributed by atoms with Crippen molar-refractivity contribution in [2.24, 2.45) is 11.1 Å². The van der Waals surface area contributed by atoms with Crippen LogP contribution in [0.1, 0.15) is 41.0 Å². The minimum atomic E-state index is -1.11. The van der Waals surface area contributed by atoms with Crippen LogP contribution >= 0.6 is 0 Å². The standard InChI is InChI=1S/C21H24N2O6/c1-13-18(14(2)29-22-13)12-28-23-20(27-10-15-8-9-15)17-7-5-4-6-16(17)19(11-26-3)21(24)25/h4-7,11,15H,8-10,12H2,1-3H3,(H,24,25)/b19-11+,23-20+. The summed E-state index contributed by atoms with van der Waals surface area (Å²) in [6, 6.07) is 6.95. The number of aliphatic carboxylic acids is 1. The van der Waals surface area contributed by atoms with Crippen molar-refractivity contribution in [2.45, 2.75) is 33.3 Å². The predicted octanol–water partition coefficient (Wildman–Crippen LogP) is 3.67. The number of rotatable bonds is 9. The first-order valence-electron chi connectivity index (χ1n) is 9.31. The summed E-state index contributed by atoms with van der Waals surface area (Å²) in [6.45, 7) is 4.29. The second kappa shape index (κ2) is 9.27. The second-order valence-electron chi connectivity index (χ2n) is 6.84. The van der Waals surface area contributed by atoms with Crippen molar-refractivity contribution < 1.29 is 28.7 Å². The minimum absolute atomic E-state index is 0.00320. The van der Waals surface area contributed by atoms with E-state index < -0.39 is 5.97 Å². The smallest absolute Gasteiger partial charge is 0.339 e. The molecule has 0 atom stereocenters. The van der Waals surface area contributed by atoms with E-state index in [1.807, 2.05) is 6.92 Å². The molecule has 154 valence electrons. The van der Waals surface area contributed by atoms with Crippen LogP contribution in [0, 0.1) is 19.8 Å². The van der Waals surface area contributed by atoms with Gasteiger partial charge in [-0.05, 0) is 43.8 Å². The van der Waals surface area contributed by atoms with Gasteiger partial charge in [0, 0.05) is 11.1 Å². The summed E-state index contributed by atoms with van der Waals surface area (Å²) in [4.78, 5) is 17.2.